The van der Waals surface area contributed by atoms with E-state index in [-0.39, 0.29) is 0 Å². The Balaban J connectivity index is 2.53. The van der Waals surface area contributed by atoms with Crippen LogP contribution in [0.25, 0.3) is 0 Å². The Kier molecular flexibility index (Phi) is 3.29. The summed E-state index contributed by atoms with van der Waals surface area (Å²) >= 11 is 0. The van der Waals surface area contributed by atoms with Gasteiger partial charge in [0, 0.05) is 0 Å². The van der Waals surface area contributed by atoms with Crippen LogP contribution in [0.15, 0.2) is 12.2 Å². The maximum atomic E-state index is 5.82. The lowest BCUT2D eigenvalue weighted by Crippen LogP contribution is -2.41. The van der Waals surface area contributed by atoms with Gasteiger partial charge in [-0.3, -0.25) is 0 Å². The molecule has 0 aromatic carbocycles. The molecule has 0 aliphatic carbocycles. The average Bonchev–Trinajstić information content (AvgIpc) is 2.05. The number of allylic oxidation sites excluding steroid dienone is 1. The van der Waals surface area contributed by atoms with Crippen LogP contribution in [0.4, 0.5) is 0 Å². The minimum absolute atomic E-state index is 0.358. The van der Waals surface area contributed by atoms with Crippen molar-refractivity contribution in [2.45, 2.75) is 26.2 Å². The number of hydrogen-bond donors (Lipinski definition) is 2. The van der Waals surface area contributed by atoms with Crippen molar-refractivity contribution in [3.05, 3.63) is 12.2 Å². The first-order valence-electron chi connectivity index (χ1n) is 4.74. The van der Waals surface area contributed by atoms with Gasteiger partial charge in [-0.2, -0.15) is 0 Å². The van der Waals surface area contributed by atoms with Gasteiger partial charge in [0.15, 0.2) is 0 Å². The van der Waals surface area contributed by atoms with Crippen molar-refractivity contribution in [2.75, 3.05) is 19.6 Å². The molecule has 0 bridgehead atoms. The predicted octanol–water partition coefficient (Wildman–Crippen LogP) is 1.28. The minimum atomic E-state index is 0.358. The summed E-state index contributed by atoms with van der Waals surface area (Å²) in [6.45, 7) is 9.10. The number of hydrogen-bond acceptors (Lipinski definition) is 2. The van der Waals surface area contributed by atoms with E-state index in [9.17, 15) is 0 Å². The van der Waals surface area contributed by atoms with Gasteiger partial charge >= 0.3 is 0 Å². The maximum absolute atomic E-state index is 5.82. The Morgan fingerprint density at radius 1 is 1.50 bits per heavy atom. The van der Waals surface area contributed by atoms with E-state index in [4.69, 9.17) is 5.73 Å². The number of piperidine rings is 1. The van der Waals surface area contributed by atoms with Gasteiger partial charge in [-0.15, -0.1) is 6.58 Å². The fourth-order valence-electron chi connectivity index (χ4n) is 2.05. The number of nitrogens with one attached hydrogen (secondary N) is 1. The summed E-state index contributed by atoms with van der Waals surface area (Å²) in [5, 5.41) is 3.36. The molecule has 0 radical (unpaired) electrons. The number of rotatable bonds is 3. The second-order valence-electron chi connectivity index (χ2n) is 4.09. The molecule has 2 heteroatoms. The predicted molar refractivity (Wildman–Crippen MR) is 53.0 cm³/mol. The van der Waals surface area contributed by atoms with Gasteiger partial charge in [0.2, 0.25) is 0 Å². The fraction of sp³-hybridized carbons (Fsp3) is 0.800. The third-order valence-electron chi connectivity index (χ3n) is 2.77. The molecule has 1 saturated heterocycles. The normalized spacial score (nSPS) is 22.2. The van der Waals surface area contributed by atoms with Crippen LogP contribution in [0.5, 0.6) is 0 Å². The fourth-order valence-corrected chi connectivity index (χ4v) is 2.05. The second kappa shape index (κ2) is 4.06. The summed E-state index contributed by atoms with van der Waals surface area (Å²) in [5.41, 5.74) is 7.44. The van der Waals surface area contributed by atoms with E-state index in [0.29, 0.717) is 5.41 Å². The van der Waals surface area contributed by atoms with Crippen molar-refractivity contribution in [2.24, 2.45) is 11.1 Å². The quantitative estimate of drug-likeness (QED) is 0.623. The monoisotopic (exact) mass is 168 g/mol. The minimum Gasteiger partial charge on any atom is -0.330 e. The lowest BCUT2D eigenvalue weighted by atomic mass is 9.74. The summed E-state index contributed by atoms with van der Waals surface area (Å²) < 4.78 is 0. The molecule has 1 heterocycles. The zero-order chi connectivity index (χ0) is 9.03. The van der Waals surface area contributed by atoms with Gasteiger partial charge in [-0.25, -0.2) is 0 Å². The van der Waals surface area contributed by atoms with Gasteiger partial charge in [-0.1, -0.05) is 5.57 Å². The first kappa shape index (κ1) is 9.75. The molecule has 3 N–H and O–H groups in total. The van der Waals surface area contributed by atoms with Crippen molar-refractivity contribution < 1.29 is 0 Å². The van der Waals surface area contributed by atoms with E-state index < -0.39 is 0 Å². The Bertz CT molecular complexity index is 157. The summed E-state index contributed by atoms with van der Waals surface area (Å²) in [4.78, 5) is 0. The summed E-state index contributed by atoms with van der Waals surface area (Å²) in [6.07, 6.45) is 3.51. The van der Waals surface area contributed by atoms with Crippen molar-refractivity contribution in [1.82, 2.24) is 5.32 Å². The van der Waals surface area contributed by atoms with E-state index >= 15 is 0 Å². The van der Waals surface area contributed by atoms with E-state index in [1.54, 1.807) is 0 Å². The highest BCUT2D eigenvalue weighted by Crippen LogP contribution is 2.33. The molecule has 1 aliphatic rings. The molecule has 0 atom stereocenters. The molecule has 2 nitrogen and oxygen atoms in total. The molecular weight excluding hydrogens is 148 g/mol. The molecule has 0 aromatic heterocycles. The Labute approximate surface area is 75.2 Å². The summed E-state index contributed by atoms with van der Waals surface area (Å²) in [7, 11) is 0. The Morgan fingerprint density at radius 3 is 2.50 bits per heavy atom. The van der Waals surface area contributed by atoms with Crippen LogP contribution in [0, 0.1) is 5.41 Å². The highest BCUT2D eigenvalue weighted by Gasteiger charge is 2.29. The van der Waals surface area contributed by atoms with Crippen molar-refractivity contribution in [1.29, 1.82) is 0 Å². The molecule has 1 rings (SSSR count). The van der Waals surface area contributed by atoms with Crippen LogP contribution in [0.1, 0.15) is 26.2 Å². The molecule has 0 aromatic rings. The van der Waals surface area contributed by atoms with Crippen LogP contribution < -0.4 is 11.1 Å². The number of nitrogens with two attached hydrogens (primary N) is 1. The topological polar surface area (TPSA) is 38.0 Å². The summed E-state index contributed by atoms with van der Waals surface area (Å²) in [5.74, 6) is 0. The molecule has 1 fully saturated rings. The second-order valence-corrected chi connectivity index (χ2v) is 4.09. The first-order valence-corrected chi connectivity index (χ1v) is 4.74. The zero-order valence-electron chi connectivity index (χ0n) is 8.03. The van der Waals surface area contributed by atoms with E-state index in [1.165, 1.54) is 18.4 Å². The van der Waals surface area contributed by atoms with Crippen molar-refractivity contribution in [3.63, 3.8) is 0 Å². The lowest BCUT2D eigenvalue weighted by molar-refractivity contribution is 0.210. The SMILES string of the molecule is C=C(C)CC1(CN)CCNCC1. The molecular formula is C10H20N2. The molecule has 1 aliphatic heterocycles. The summed E-state index contributed by atoms with van der Waals surface area (Å²) in [6, 6.07) is 0. The van der Waals surface area contributed by atoms with Crippen LogP contribution in [0.2, 0.25) is 0 Å². The third kappa shape index (κ3) is 2.32. The van der Waals surface area contributed by atoms with Crippen molar-refractivity contribution >= 4 is 0 Å². The third-order valence-corrected chi connectivity index (χ3v) is 2.77. The standard InChI is InChI=1S/C10H20N2/c1-9(2)7-10(8-11)3-5-12-6-4-10/h12H,1,3-8,11H2,2H3. The maximum Gasteiger partial charge on any atom is -0.00165 e. The molecule has 0 amide bonds. The van der Waals surface area contributed by atoms with Crippen LogP contribution in [-0.2, 0) is 0 Å². The van der Waals surface area contributed by atoms with Gasteiger partial charge < -0.3 is 11.1 Å². The largest absolute Gasteiger partial charge is 0.330 e. The Hall–Kier alpha value is -0.340. The molecule has 0 saturated carbocycles. The highest BCUT2D eigenvalue weighted by atomic mass is 14.9. The average molecular weight is 168 g/mol. The molecule has 70 valence electrons. The Morgan fingerprint density at radius 2 is 2.08 bits per heavy atom. The van der Waals surface area contributed by atoms with Crippen LogP contribution in [-0.4, -0.2) is 19.6 Å². The zero-order valence-corrected chi connectivity index (χ0v) is 8.03. The molecule has 12 heavy (non-hydrogen) atoms. The smallest absolute Gasteiger partial charge is 0.00165 e. The van der Waals surface area contributed by atoms with Gasteiger partial charge in [0.25, 0.3) is 0 Å². The lowest BCUT2D eigenvalue weighted by Gasteiger charge is -2.36. The van der Waals surface area contributed by atoms with Gasteiger partial charge in [-0.05, 0) is 51.2 Å². The van der Waals surface area contributed by atoms with Crippen LogP contribution in [0.3, 0.4) is 0 Å². The van der Waals surface area contributed by atoms with E-state index in [0.717, 1.165) is 26.1 Å². The highest BCUT2D eigenvalue weighted by molar-refractivity contribution is 4.99. The molecule has 0 spiro atoms. The molecule has 0 unspecified atom stereocenters. The van der Waals surface area contributed by atoms with E-state index in [2.05, 4.69) is 18.8 Å². The van der Waals surface area contributed by atoms with Crippen molar-refractivity contribution in [3.8, 4) is 0 Å². The van der Waals surface area contributed by atoms with Crippen LogP contribution >= 0.6 is 0 Å². The van der Waals surface area contributed by atoms with E-state index in [1.807, 2.05) is 0 Å². The van der Waals surface area contributed by atoms with Gasteiger partial charge in [0.05, 0.1) is 0 Å². The van der Waals surface area contributed by atoms with Gasteiger partial charge in [0.1, 0.15) is 0 Å². The first-order chi connectivity index (χ1) is 5.68.